The van der Waals surface area contributed by atoms with Crippen molar-refractivity contribution in [1.29, 1.82) is 0 Å². The largest absolute Gasteiger partial charge is 0.490 e. The summed E-state index contributed by atoms with van der Waals surface area (Å²) in [6.45, 7) is -0.352. The molecular weight excluding hydrogens is 388 g/mol. The van der Waals surface area contributed by atoms with Crippen LogP contribution in [0.4, 0.5) is 11.4 Å². The molecular formula is C22H18N2O6. The third-order valence-electron chi connectivity index (χ3n) is 4.20. The Morgan fingerprint density at radius 3 is 2.40 bits per heavy atom. The van der Waals surface area contributed by atoms with Gasteiger partial charge in [-0.1, -0.05) is 42.5 Å². The van der Waals surface area contributed by atoms with E-state index in [1.807, 2.05) is 6.07 Å². The molecule has 0 saturated heterocycles. The molecule has 0 saturated carbocycles. The zero-order valence-corrected chi connectivity index (χ0v) is 16.0. The summed E-state index contributed by atoms with van der Waals surface area (Å²) in [5, 5.41) is 13.6. The van der Waals surface area contributed by atoms with Gasteiger partial charge in [-0.15, -0.1) is 0 Å². The predicted molar refractivity (Wildman–Crippen MR) is 110 cm³/mol. The number of hydrogen-bond donors (Lipinski definition) is 1. The Hall–Kier alpha value is -4.20. The van der Waals surface area contributed by atoms with Gasteiger partial charge in [0.15, 0.2) is 12.4 Å². The van der Waals surface area contributed by atoms with Crippen molar-refractivity contribution in [2.45, 2.75) is 0 Å². The first-order valence-electron chi connectivity index (χ1n) is 8.93. The lowest BCUT2D eigenvalue weighted by Gasteiger charge is -2.12. The van der Waals surface area contributed by atoms with E-state index in [1.54, 1.807) is 48.5 Å². The number of ether oxygens (including phenoxy) is 2. The number of carbonyl (C=O) groups excluding carboxylic acids is 2. The molecule has 0 aromatic heterocycles. The molecule has 0 spiro atoms. The van der Waals surface area contributed by atoms with Gasteiger partial charge < -0.3 is 14.8 Å². The van der Waals surface area contributed by atoms with Crippen LogP contribution < -0.4 is 14.8 Å². The van der Waals surface area contributed by atoms with Crippen LogP contribution in [0.15, 0.2) is 72.8 Å². The minimum Gasteiger partial charge on any atom is -0.490 e. The maximum absolute atomic E-state index is 12.7. The van der Waals surface area contributed by atoms with Gasteiger partial charge in [0, 0.05) is 23.3 Å². The average Bonchev–Trinajstić information content (AvgIpc) is 2.77. The minimum atomic E-state index is -0.573. The van der Waals surface area contributed by atoms with E-state index in [0.29, 0.717) is 16.8 Å². The van der Waals surface area contributed by atoms with E-state index in [2.05, 4.69) is 5.32 Å². The van der Waals surface area contributed by atoms with Crippen molar-refractivity contribution in [2.24, 2.45) is 0 Å². The summed E-state index contributed by atoms with van der Waals surface area (Å²) in [4.78, 5) is 35.4. The molecule has 0 aliphatic rings. The zero-order valence-electron chi connectivity index (χ0n) is 16.0. The van der Waals surface area contributed by atoms with Crippen LogP contribution in [0.2, 0.25) is 0 Å². The quantitative estimate of drug-likeness (QED) is 0.346. The van der Waals surface area contributed by atoms with Crippen molar-refractivity contribution in [3.8, 4) is 11.5 Å². The molecule has 0 fully saturated rings. The molecule has 0 bridgehead atoms. The van der Waals surface area contributed by atoms with Gasteiger partial charge in [0.2, 0.25) is 5.75 Å². The highest BCUT2D eigenvalue weighted by molar-refractivity contribution is 6.13. The molecule has 0 heterocycles. The predicted octanol–water partition coefficient (Wildman–Crippen LogP) is 3.85. The van der Waals surface area contributed by atoms with E-state index in [4.69, 9.17) is 9.47 Å². The van der Waals surface area contributed by atoms with Gasteiger partial charge >= 0.3 is 5.69 Å². The summed E-state index contributed by atoms with van der Waals surface area (Å²) in [6.07, 6.45) is 0. The van der Waals surface area contributed by atoms with E-state index in [1.165, 1.54) is 25.3 Å². The lowest BCUT2D eigenvalue weighted by Crippen LogP contribution is -2.21. The number of para-hydroxylation sites is 1. The maximum atomic E-state index is 12.7. The van der Waals surface area contributed by atoms with Crippen LogP contribution in [-0.2, 0) is 4.79 Å². The molecule has 0 radical (unpaired) electrons. The molecule has 1 amide bonds. The second-order valence-corrected chi connectivity index (χ2v) is 6.17. The summed E-state index contributed by atoms with van der Waals surface area (Å²) >= 11 is 0. The van der Waals surface area contributed by atoms with Crippen LogP contribution in [0.3, 0.4) is 0 Å². The zero-order chi connectivity index (χ0) is 21.5. The lowest BCUT2D eigenvalue weighted by atomic mass is 10.0. The van der Waals surface area contributed by atoms with Crippen LogP contribution in [0, 0.1) is 10.1 Å². The van der Waals surface area contributed by atoms with Crippen LogP contribution in [-0.4, -0.2) is 30.3 Å². The van der Waals surface area contributed by atoms with Crippen molar-refractivity contribution in [3.05, 3.63) is 94.0 Å². The van der Waals surface area contributed by atoms with Gasteiger partial charge in [0.25, 0.3) is 5.91 Å². The van der Waals surface area contributed by atoms with E-state index in [-0.39, 0.29) is 29.6 Å². The molecule has 0 aliphatic heterocycles. The Morgan fingerprint density at radius 2 is 1.70 bits per heavy atom. The highest BCUT2D eigenvalue weighted by Crippen LogP contribution is 2.30. The second kappa shape index (κ2) is 9.33. The van der Waals surface area contributed by atoms with Crippen molar-refractivity contribution in [3.63, 3.8) is 0 Å². The van der Waals surface area contributed by atoms with Crippen LogP contribution >= 0.6 is 0 Å². The van der Waals surface area contributed by atoms with Gasteiger partial charge in [0.1, 0.15) is 5.75 Å². The summed E-state index contributed by atoms with van der Waals surface area (Å²) in [7, 11) is 1.31. The number of benzene rings is 3. The number of hydrogen-bond acceptors (Lipinski definition) is 6. The molecule has 0 atom stereocenters. The van der Waals surface area contributed by atoms with Crippen LogP contribution in [0.5, 0.6) is 11.5 Å². The molecule has 30 heavy (non-hydrogen) atoms. The average molecular weight is 406 g/mol. The Kier molecular flexibility index (Phi) is 6.39. The fourth-order valence-corrected chi connectivity index (χ4v) is 2.77. The number of nitrogens with zero attached hydrogens (tertiary/aromatic N) is 1. The van der Waals surface area contributed by atoms with Gasteiger partial charge in [0.05, 0.1) is 17.7 Å². The maximum Gasteiger partial charge on any atom is 0.311 e. The minimum absolute atomic E-state index is 0.0247. The number of anilines is 1. The lowest BCUT2D eigenvalue weighted by molar-refractivity contribution is -0.385. The third-order valence-corrected chi connectivity index (χ3v) is 4.20. The van der Waals surface area contributed by atoms with Gasteiger partial charge in [-0.05, 0) is 18.2 Å². The number of nitro benzene ring substituents is 1. The molecule has 0 aliphatic carbocycles. The number of carbonyl (C=O) groups is 2. The van der Waals surface area contributed by atoms with Gasteiger partial charge in [-0.3, -0.25) is 19.7 Å². The number of nitro groups is 1. The fraction of sp³-hybridized carbons (Fsp3) is 0.0909. The fourth-order valence-electron chi connectivity index (χ4n) is 2.77. The van der Waals surface area contributed by atoms with Crippen molar-refractivity contribution >= 4 is 23.1 Å². The molecule has 152 valence electrons. The van der Waals surface area contributed by atoms with Gasteiger partial charge in [-0.25, -0.2) is 0 Å². The molecule has 3 aromatic rings. The monoisotopic (exact) mass is 406 g/mol. The highest BCUT2D eigenvalue weighted by Gasteiger charge is 2.17. The molecule has 1 N–H and O–H groups in total. The normalized spacial score (nSPS) is 10.2. The van der Waals surface area contributed by atoms with Crippen molar-refractivity contribution in [1.82, 2.24) is 0 Å². The summed E-state index contributed by atoms with van der Waals surface area (Å²) in [5.41, 5.74) is 1.02. The van der Waals surface area contributed by atoms with E-state index in [9.17, 15) is 19.7 Å². The smallest absolute Gasteiger partial charge is 0.311 e. The molecule has 0 unspecified atom stereocenters. The first kappa shape index (κ1) is 20.5. The first-order chi connectivity index (χ1) is 14.5. The number of nitrogens with one attached hydrogen (secondary N) is 1. The highest BCUT2D eigenvalue weighted by atomic mass is 16.6. The number of ketones is 1. The Morgan fingerprint density at radius 1 is 1.00 bits per heavy atom. The van der Waals surface area contributed by atoms with Crippen LogP contribution in [0.1, 0.15) is 15.9 Å². The SMILES string of the molecule is COc1cc(OCC(=O)Nc2ccccc2C(=O)c2ccccc2)ccc1[N+](=O)[O-]. The summed E-state index contributed by atoms with van der Waals surface area (Å²) in [6, 6.07) is 19.4. The topological polar surface area (TPSA) is 108 Å². The third kappa shape index (κ3) is 4.79. The number of methoxy groups -OCH3 is 1. The molecule has 8 nitrogen and oxygen atoms in total. The number of rotatable bonds is 8. The molecule has 3 rings (SSSR count). The number of amides is 1. The summed E-state index contributed by atoms with van der Waals surface area (Å²) in [5.74, 6) is -0.439. The summed E-state index contributed by atoms with van der Waals surface area (Å²) < 4.78 is 10.4. The Labute approximate surface area is 172 Å². The molecule has 3 aromatic carbocycles. The van der Waals surface area contributed by atoms with E-state index in [0.717, 1.165) is 0 Å². The second-order valence-electron chi connectivity index (χ2n) is 6.17. The van der Waals surface area contributed by atoms with Crippen molar-refractivity contribution < 1.29 is 24.0 Å². The van der Waals surface area contributed by atoms with E-state index >= 15 is 0 Å². The van der Waals surface area contributed by atoms with Crippen LogP contribution in [0.25, 0.3) is 0 Å². The van der Waals surface area contributed by atoms with E-state index < -0.39 is 10.8 Å². The standard InChI is InChI=1S/C22H18N2O6/c1-29-20-13-16(11-12-19(20)24(27)28)30-14-21(25)23-18-10-6-5-9-17(18)22(26)15-7-3-2-4-8-15/h2-13H,14H2,1H3,(H,23,25). The first-order valence-corrected chi connectivity index (χ1v) is 8.93. The van der Waals surface area contributed by atoms with Gasteiger partial charge in [-0.2, -0.15) is 0 Å². The Balaban J connectivity index is 1.69. The molecule has 8 heteroatoms. The van der Waals surface area contributed by atoms with Crippen molar-refractivity contribution in [2.75, 3.05) is 19.0 Å². The Bertz CT molecular complexity index is 1080.